The van der Waals surface area contributed by atoms with Gasteiger partial charge in [-0.15, -0.1) is 0 Å². The Labute approximate surface area is 134 Å². The smallest absolute Gasteiger partial charge is 0.135 e. The Bertz CT molecular complexity index is 986. The third-order valence-electron chi connectivity index (χ3n) is 3.91. The molecule has 23 heavy (non-hydrogen) atoms. The number of benzene rings is 3. The summed E-state index contributed by atoms with van der Waals surface area (Å²) in [5.74, 6) is 0. The van der Waals surface area contributed by atoms with Crippen LogP contribution in [-0.2, 0) is 0 Å². The molecular weight excluding hydrogens is 284 g/mol. The second kappa shape index (κ2) is 5.61. The molecule has 0 unspecified atom stereocenters. The lowest BCUT2D eigenvalue weighted by molar-refractivity contribution is 0.669. The van der Waals surface area contributed by atoms with Gasteiger partial charge in [0.1, 0.15) is 11.2 Å². The van der Waals surface area contributed by atoms with Crippen molar-refractivity contribution in [2.45, 2.75) is 0 Å². The van der Waals surface area contributed by atoms with Gasteiger partial charge in [-0.05, 0) is 42.0 Å². The number of anilines is 1. The summed E-state index contributed by atoms with van der Waals surface area (Å²) >= 11 is 0. The molecular formula is C20H16N2O. The zero-order valence-electron chi connectivity index (χ0n) is 12.8. The van der Waals surface area contributed by atoms with Crippen molar-refractivity contribution >= 4 is 33.8 Å². The van der Waals surface area contributed by atoms with Crippen LogP contribution < -0.4 is 5.01 Å². The first-order chi connectivity index (χ1) is 11.3. The number of fused-ring (bicyclic) bond motifs is 3. The van der Waals surface area contributed by atoms with E-state index in [0.717, 1.165) is 33.2 Å². The lowest BCUT2D eigenvalue weighted by Crippen LogP contribution is -2.08. The van der Waals surface area contributed by atoms with Crippen molar-refractivity contribution in [2.75, 3.05) is 12.1 Å². The molecule has 3 heteroatoms. The van der Waals surface area contributed by atoms with E-state index in [4.69, 9.17) is 4.42 Å². The quantitative estimate of drug-likeness (QED) is 0.391. The zero-order valence-corrected chi connectivity index (χ0v) is 12.8. The van der Waals surface area contributed by atoms with E-state index in [1.807, 2.05) is 78.9 Å². The van der Waals surface area contributed by atoms with E-state index in [1.165, 1.54) is 0 Å². The number of hydrogen-bond acceptors (Lipinski definition) is 3. The molecule has 0 N–H and O–H groups in total. The first-order valence-corrected chi connectivity index (χ1v) is 7.55. The molecule has 1 aromatic heterocycles. The van der Waals surface area contributed by atoms with E-state index in [1.54, 1.807) is 0 Å². The van der Waals surface area contributed by atoms with Crippen LogP contribution in [0.15, 0.2) is 82.3 Å². The standard InChI is InChI=1S/C20H16N2O/c1-22(16-7-3-2-4-8-16)21-14-15-11-12-20-18(13-15)17-9-5-6-10-19(17)23-20/h2-14H,1H3. The van der Waals surface area contributed by atoms with Crippen molar-refractivity contribution in [1.29, 1.82) is 0 Å². The molecule has 0 fully saturated rings. The Hall–Kier alpha value is -3.07. The van der Waals surface area contributed by atoms with Gasteiger partial charge >= 0.3 is 0 Å². The number of rotatable bonds is 3. The second-order valence-corrected chi connectivity index (χ2v) is 5.46. The highest BCUT2D eigenvalue weighted by Crippen LogP contribution is 2.28. The highest BCUT2D eigenvalue weighted by atomic mass is 16.3. The predicted molar refractivity (Wildman–Crippen MR) is 96.2 cm³/mol. The summed E-state index contributed by atoms with van der Waals surface area (Å²) in [5, 5.41) is 8.62. The van der Waals surface area contributed by atoms with Gasteiger partial charge in [0.2, 0.25) is 0 Å². The second-order valence-electron chi connectivity index (χ2n) is 5.46. The maximum atomic E-state index is 5.85. The summed E-state index contributed by atoms with van der Waals surface area (Å²) in [6, 6.07) is 24.3. The molecule has 0 aliphatic rings. The average molecular weight is 300 g/mol. The Morgan fingerprint density at radius 1 is 0.826 bits per heavy atom. The maximum absolute atomic E-state index is 5.85. The minimum Gasteiger partial charge on any atom is -0.456 e. The maximum Gasteiger partial charge on any atom is 0.135 e. The molecule has 0 spiro atoms. The van der Waals surface area contributed by atoms with Gasteiger partial charge in [0.05, 0.1) is 11.9 Å². The van der Waals surface area contributed by atoms with Gasteiger partial charge in [-0.2, -0.15) is 5.10 Å². The molecule has 0 aliphatic carbocycles. The third-order valence-corrected chi connectivity index (χ3v) is 3.91. The van der Waals surface area contributed by atoms with E-state index < -0.39 is 0 Å². The highest BCUT2D eigenvalue weighted by molar-refractivity contribution is 6.06. The molecule has 3 nitrogen and oxygen atoms in total. The largest absolute Gasteiger partial charge is 0.456 e. The number of nitrogens with zero attached hydrogens (tertiary/aromatic N) is 2. The zero-order chi connectivity index (χ0) is 15.6. The Kier molecular flexibility index (Phi) is 3.31. The van der Waals surface area contributed by atoms with Crippen molar-refractivity contribution < 1.29 is 4.42 Å². The molecule has 0 aliphatic heterocycles. The summed E-state index contributed by atoms with van der Waals surface area (Å²) < 4.78 is 5.85. The van der Waals surface area contributed by atoms with Crippen molar-refractivity contribution in [2.24, 2.45) is 5.10 Å². The molecule has 0 saturated heterocycles. The van der Waals surface area contributed by atoms with Crippen LogP contribution in [0.2, 0.25) is 0 Å². The lowest BCUT2D eigenvalue weighted by Gasteiger charge is -2.12. The monoisotopic (exact) mass is 300 g/mol. The van der Waals surface area contributed by atoms with Gasteiger partial charge in [0.15, 0.2) is 0 Å². The van der Waals surface area contributed by atoms with Crippen LogP contribution >= 0.6 is 0 Å². The summed E-state index contributed by atoms with van der Waals surface area (Å²) in [7, 11) is 1.94. The molecule has 0 bridgehead atoms. The number of hydrogen-bond donors (Lipinski definition) is 0. The molecule has 0 amide bonds. The van der Waals surface area contributed by atoms with Crippen LogP contribution in [0.4, 0.5) is 5.69 Å². The van der Waals surface area contributed by atoms with E-state index in [-0.39, 0.29) is 0 Å². The lowest BCUT2D eigenvalue weighted by atomic mass is 10.1. The van der Waals surface area contributed by atoms with Crippen LogP contribution in [0.3, 0.4) is 0 Å². The van der Waals surface area contributed by atoms with Crippen LogP contribution in [0.5, 0.6) is 0 Å². The average Bonchev–Trinajstić information content (AvgIpc) is 2.98. The Morgan fingerprint density at radius 3 is 2.43 bits per heavy atom. The van der Waals surface area contributed by atoms with Crippen LogP contribution in [0.25, 0.3) is 21.9 Å². The SMILES string of the molecule is CN(N=Cc1ccc2oc3ccccc3c2c1)c1ccccc1. The molecule has 3 aromatic carbocycles. The fourth-order valence-electron chi connectivity index (χ4n) is 2.69. The summed E-state index contributed by atoms with van der Waals surface area (Å²) in [6.07, 6.45) is 1.87. The molecule has 0 atom stereocenters. The van der Waals surface area contributed by atoms with Crippen molar-refractivity contribution in [1.82, 2.24) is 0 Å². The first-order valence-electron chi connectivity index (χ1n) is 7.55. The number of furan rings is 1. The predicted octanol–water partition coefficient (Wildman–Crippen LogP) is 5.06. The van der Waals surface area contributed by atoms with Gasteiger partial charge in [-0.3, -0.25) is 5.01 Å². The summed E-state index contributed by atoms with van der Waals surface area (Å²) in [5.41, 5.74) is 3.92. The van der Waals surface area contributed by atoms with E-state index in [9.17, 15) is 0 Å². The minimum atomic E-state index is 0.903. The van der Waals surface area contributed by atoms with Gasteiger partial charge in [-0.1, -0.05) is 36.4 Å². The van der Waals surface area contributed by atoms with Crippen LogP contribution in [-0.4, -0.2) is 13.3 Å². The van der Waals surface area contributed by atoms with Crippen LogP contribution in [0, 0.1) is 0 Å². The van der Waals surface area contributed by atoms with Crippen molar-refractivity contribution in [3.63, 3.8) is 0 Å². The van der Waals surface area contributed by atoms with Crippen molar-refractivity contribution in [3.05, 3.63) is 78.4 Å². The normalized spacial score (nSPS) is 11.5. The Morgan fingerprint density at radius 2 is 1.57 bits per heavy atom. The Balaban J connectivity index is 1.69. The molecule has 112 valence electrons. The van der Waals surface area contributed by atoms with Gasteiger partial charge in [0, 0.05) is 17.8 Å². The van der Waals surface area contributed by atoms with Gasteiger partial charge in [0.25, 0.3) is 0 Å². The van der Waals surface area contributed by atoms with Crippen molar-refractivity contribution in [3.8, 4) is 0 Å². The molecule has 0 saturated carbocycles. The molecule has 4 aromatic rings. The van der Waals surface area contributed by atoms with E-state index in [2.05, 4.69) is 17.2 Å². The highest BCUT2D eigenvalue weighted by Gasteiger charge is 2.06. The molecule has 0 radical (unpaired) electrons. The summed E-state index contributed by atoms with van der Waals surface area (Å²) in [4.78, 5) is 0. The molecule has 1 heterocycles. The number of para-hydroxylation sites is 2. The van der Waals surface area contributed by atoms with Gasteiger partial charge < -0.3 is 4.42 Å². The first kappa shape index (κ1) is 13.6. The third kappa shape index (κ3) is 2.57. The van der Waals surface area contributed by atoms with E-state index in [0.29, 0.717) is 0 Å². The summed E-state index contributed by atoms with van der Waals surface area (Å²) in [6.45, 7) is 0. The fraction of sp³-hybridized carbons (Fsp3) is 0.0500. The molecule has 4 rings (SSSR count). The fourth-order valence-corrected chi connectivity index (χ4v) is 2.69. The van der Waals surface area contributed by atoms with Gasteiger partial charge in [-0.25, -0.2) is 0 Å². The minimum absolute atomic E-state index is 0.903. The number of hydrazone groups is 1. The van der Waals surface area contributed by atoms with E-state index >= 15 is 0 Å². The topological polar surface area (TPSA) is 28.7 Å². The van der Waals surface area contributed by atoms with Crippen LogP contribution in [0.1, 0.15) is 5.56 Å².